The van der Waals surface area contributed by atoms with E-state index >= 15 is 0 Å². The Morgan fingerprint density at radius 1 is 1.06 bits per heavy atom. The number of halogens is 1. The van der Waals surface area contributed by atoms with Gasteiger partial charge in [-0.25, -0.2) is 0 Å². The summed E-state index contributed by atoms with van der Waals surface area (Å²) in [5.74, 6) is 0.637. The lowest BCUT2D eigenvalue weighted by atomic mass is 10.2. The second-order valence-electron chi connectivity index (χ2n) is 3.39. The topological polar surface area (TPSA) is 29.5 Å². The van der Waals surface area contributed by atoms with E-state index in [0.717, 1.165) is 5.56 Å². The first-order valence-electron chi connectivity index (χ1n) is 4.91. The van der Waals surface area contributed by atoms with Crippen molar-refractivity contribution in [2.24, 2.45) is 0 Å². The van der Waals surface area contributed by atoms with E-state index in [1.807, 2.05) is 30.3 Å². The van der Waals surface area contributed by atoms with E-state index in [4.69, 9.17) is 16.3 Å². The molecule has 16 heavy (non-hydrogen) atoms. The number of phenols is 1. The van der Waals surface area contributed by atoms with Gasteiger partial charge in [-0.3, -0.25) is 0 Å². The summed E-state index contributed by atoms with van der Waals surface area (Å²) in [5.41, 5.74) is 1.06. The molecule has 0 amide bonds. The number of hydrogen-bond acceptors (Lipinski definition) is 2. The Morgan fingerprint density at radius 2 is 1.81 bits per heavy atom. The molecule has 0 heterocycles. The van der Waals surface area contributed by atoms with Crippen molar-refractivity contribution in [1.82, 2.24) is 0 Å². The molecule has 82 valence electrons. The van der Waals surface area contributed by atoms with Gasteiger partial charge >= 0.3 is 0 Å². The normalized spacial score (nSPS) is 10.1. The van der Waals surface area contributed by atoms with Gasteiger partial charge in [0.25, 0.3) is 0 Å². The van der Waals surface area contributed by atoms with Crippen LogP contribution in [-0.2, 0) is 6.61 Å². The van der Waals surface area contributed by atoms with Crippen LogP contribution >= 0.6 is 11.6 Å². The summed E-state index contributed by atoms with van der Waals surface area (Å²) >= 11 is 5.93. The third-order valence-electron chi connectivity index (χ3n) is 2.15. The summed E-state index contributed by atoms with van der Waals surface area (Å²) in [5, 5.41) is 9.79. The number of aromatic hydroxyl groups is 1. The third kappa shape index (κ3) is 2.67. The number of benzene rings is 2. The predicted octanol–water partition coefficient (Wildman–Crippen LogP) is 3.62. The van der Waals surface area contributed by atoms with E-state index in [1.54, 1.807) is 6.07 Å². The number of ether oxygens (including phenoxy) is 1. The number of rotatable bonds is 3. The van der Waals surface area contributed by atoms with Crippen molar-refractivity contribution in [3.05, 3.63) is 59.1 Å². The zero-order valence-electron chi connectivity index (χ0n) is 8.56. The number of hydrogen-bond donors (Lipinski definition) is 1. The van der Waals surface area contributed by atoms with Crippen molar-refractivity contribution in [2.75, 3.05) is 0 Å². The van der Waals surface area contributed by atoms with Gasteiger partial charge in [-0.1, -0.05) is 41.9 Å². The largest absolute Gasteiger partial charge is 0.508 e. The second kappa shape index (κ2) is 4.90. The molecule has 0 aromatic heterocycles. The molecule has 2 nitrogen and oxygen atoms in total. The predicted molar refractivity (Wildman–Crippen MR) is 63.9 cm³/mol. The summed E-state index contributed by atoms with van der Waals surface area (Å²) in [4.78, 5) is 0. The fourth-order valence-electron chi connectivity index (χ4n) is 1.34. The lowest BCUT2D eigenvalue weighted by Gasteiger charge is -2.08. The van der Waals surface area contributed by atoms with Crippen molar-refractivity contribution in [3.63, 3.8) is 0 Å². The Hall–Kier alpha value is -1.67. The van der Waals surface area contributed by atoms with Gasteiger partial charge in [0, 0.05) is 6.07 Å². The van der Waals surface area contributed by atoms with Crippen LogP contribution in [0.1, 0.15) is 5.56 Å². The zero-order valence-corrected chi connectivity index (χ0v) is 9.32. The first kappa shape index (κ1) is 10.8. The quantitative estimate of drug-likeness (QED) is 0.879. The molecule has 2 aromatic rings. The highest BCUT2D eigenvalue weighted by Gasteiger charge is 2.02. The van der Waals surface area contributed by atoms with E-state index in [1.165, 1.54) is 12.1 Å². The van der Waals surface area contributed by atoms with Crippen LogP contribution in [0.5, 0.6) is 11.5 Å². The molecule has 0 aliphatic heterocycles. The molecule has 0 unspecified atom stereocenters. The van der Waals surface area contributed by atoms with Gasteiger partial charge in [0.2, 0.25) is 0 Å². The molecular weight excluding hydrogens is 224 g/mol. The van der Waals surface area contributed by atoms with Gasteiger partial charge in [0.15, 0.2) is 0 Å². The van der Waals surface area contributed by atoms with Crippen LogP contribution in [0.4, 0.5) is 0 Å². The second-order valence-corrected chi connectivity index (χ2v) is 3.80. The highest BCUT2D eigenvalue weighted by molar-refractivity contribution is 6.32. The van der Waals surface area contributed by atoms with E-state index in [9.17, 15) is 5.11 Å². The molecule has 0 bridgehead atoms. The molecule has 0 radical (unpaired) electrons. The fraction of sp³-hybridized carbons (Fsp3) is 0.0769. The Morgan fingerprint density at radius 3 is 2.56 bits per heavy atom. The van der Waals surface area contributed by atoms with Gasteiger partial charge in [-0.05, 0) is 17.7 Å². The van der Waals surface area contributed by atoms with E-state index in [-0.39, 0.29) is 5.75 Å². The fourth-order valence-corrected chi connectivity index (χ4v) is 1.51. The van der Waals surface area contributed by atoms with Gasteiger partial charge < -0.3 is 9.84 Å². The summed E-state index contributed by atoms with van der Waals surface area (Å²) in [6, 6.07) is 14.4. The third-order valence-corrected chi connectivity index (χ3v) is 2.46. The van der Waals surface area contributed by atoms with Crippen molar-refractivity contribution >= 4 is 11.6 Å². The van der Waals surface area contributed by atoms with Crippen molar-refractivity contribution < 1.29 is 9.84 Å². The maximum absolute atomic E-state index is 9.30. The Labute approximate surface area is 99.1 Å². The first-order chi connectivity index (χ1) is 7.75. The van der Waals surface area contributed by atoms with Crippen molar-refractivity contribution in [1.29, 1.82) is 0 Å². The summed E-state index contributed by atoms with van der Waals surface area (Å²) in [7, 11) is 0. The summed E-state index contributed by atoms with van der Waals surface area (Å²) < 4.78 is 5.51. The van der Waals surface area contributed by atoms with Gasteiger partial charge in [0.05, 0.1) is 5.02 Å². The van der Waals surface area contributed by atoms with Crippen LogP contribution < -0.4 is 4.74 Å². The van der Waals surface area contributed by atoms with E-state index in [2.05, 4.69) is 0 Å². The smallest absolute Gasteiger partial charge is 0.142 e. The number of phenolic OH excluding ortho intramolecular Hbond substituents is 1. The monoisotopic (exact) mass is 234 g/mol. The molecular formula is C13H11ClO2. The van der Waals surface area contributed by atoms with Crippen LogP contribution in [0, 0.1) is 0 Å². The van der Waals surface area contributed by atoms with Gasteiger partial charge in [0.1, 0.15) is 18.1 Å². The average Bonchev–Trinajstić information content (AvgIpc) is 2.32. The molecule has 0 saturated heterocycles. The Balaban J connectivity index is 2.08. The highest BCUT2D eigenvalue weighted by atomic mass is 35.5. The molecule has 0 aliphatic carbocycles. The SMILES string of the molecule is Oc1ccc(Cl)c(OCc2ccccc2)c1. The molecule has 1 N–H and O–H groups in total. The summed E-state index contributed by atoms with van der Waals surface area (Å²) in [6.45, 7) is 0.435. The van der Waals surface area contributed by atoms with Crippen LogP contribution in [-0.4, -0.2) is 5.11 Å². The Bertz CT molecular complexity index is 469. The minimum atomic E-state index is 0.146. The first-order valence-corrected chi connectivity index (χ1v) is 5.29. The minimum Gasteiger partial charge on any atom is -0.508 e. The molecule has 0 fully saturated rings. The molecule has 3 heteroatoms. The van der Waals surface area contributed by atoms with E-state index < -0.39 is 0 Å². The van der Waals surface area contributed by atoms with E-state index in [0.29, 0.717) is 17.4 Å². The molecule has 0 spiro atoms. The maximum atomic E-state index is 9.30. The highest BCUT2D eigenvalue weighted by Crippen LogP contribution is 2.28. The van der Waals surface area contributed by atoms with Crippen LogP contribution in [0.25, 0.3) is 0 Å². The maximum Gasteiger partial charge on any atom is 0.142 e. The van der Waals surface area contributed by atoms with Crippen LogP contribution in [0.15, 0.2) is 48.5 Å². The minimum absolute atomic E-state index is 0.146. The van der Waals surface area contributed by atoms with Crippen LogP contribution in [0.2, 0.25) is 5.02 Å². The summed E-state index contributed by atoms with van der Waals surface area (Å²) in [6.07, 6.45) is 0. The Kier molecular flexibility index (Phi) is 3.32. The molecule has 0 atom stereocenters. The standard InChI is InChI=1S/C13H11ClO2/c14-12-7-6-11(15)8-13(12)16-9-10-4-2-1-3-5-10/h1-8,15H,9H2. The lowest BCUT2D eigenvalue weighted by Crippen LogP contribution is -1.95. The molecule has 0 aliphatic rings. The molecule has 2 aromatic carbocycles. The molecule has 2 rings (SSSR count). The van der Waals surface area contributed by atoms with Crippen molar-refractivity contribution in [2.45, 2.75) is 6.61 Å². The van der Waals surface area contributed by atoms with Crippen molar-refractivity contribution in [3.8, 4) is 11.5 Å². The molecule has 0 saturated carbocycles. The van der Waals surface area contributed by atoms with Crippen LogP contribution in [0.3, 0.4) is 0 Å². The van der Waals surface area contributed by atoms with Gasteiger partial charge in [-0.2, -0.15) is 0 Å². The lowest BCUT2D eigenvalue weighted by molar-refractivity contribution is 0.304. The zero-order chi connectivity index (χ0) is 11.4. The van der Waals surface area contributed by atoms with Gasteiger partial charge in [-0.15, -0.1) is 0 Å². The average molecular weight is 235 g/mol.